The molecule has 0 heterocycles. The molecule has 2 aromatic rings. The lowest BCUT2D eigenvalue weighted by atomic mass is 10.0. The molecule has 11 N–H and O–H groups in total. The van der Waals surface area contributed by atoms with Crippen molar-refractivity contribution in [2.45, 2.75) is 56.3 Å². The van der Waals surface area contributed by atoms with Gasteiger partial charge in [-0.2, -0.15) is 11.8 Å². The third-order valence-electron chi connectivity index (χ3n) is 6.40. The van der Waals surface area contributed by atoms with Crippen LogP contribution in [0.5, 0.6) is 0 Å². The number of carbonyl (C=O) groups excluding carboxylic acids is 4. The standard InChI is InChI=1S/C29H42N8O4S/c1-42-16-14-23(35-26(39)21(30)17-19-9-4-2-5-10-19)28(41)36-22(13-8-15-34-29(32)33)27(40)37-24(25(31)38)18-20-11-6-3-7-12-20/h2-7,9-12,21-24H,8,13-18,30H2,1H3,(H2,31,38)(H,35,39)(H,36,41)(H,37,40)(H4,32,33,34)/t21-,22+,23-,24-/m0/s1. The molecular formula is C29H42N8O4S. The Hall–Kier alpha value is -4.10. The van der Waals surface area contributed by atoms with Crippen molar-refractivity contribution >= 4 is 41.4 Å². The van der Waals surface area contributed by atoms with E-state index in [1.807, 2.05) is 66.9 Å². The molecule has 4 amide bonds. The van der Waals surface area contributed by atoms with Crippen molar-refractivity contribution in [2.24, 2.45) is 27.9 Å². The van der Waals surface area contributed by atoms with Gasteiger partial charge in [0.05, 0.1) is 6.04 Å². The van der Waals surface area contributed by atoms with Crippen LogP contribution in [0, 0.1) is 0 Å². The Morgan fingerprint density at radius 3 is 1.76 bits per heavy atom. The topological polar surface area (TPSA) is 221 Å². The summed E-state index contributed by atoms with van der Waals surface area (Å²) in [4.78, 5) is 55.8. The molecule has 0 aromatic heterocycles. The minimum atomic E-state index is -1.05. The number of hydrogen-bond acceptors (Lipinski definition) is 7. The maximum atomic E-state index is 13.4. The molecule has 2 rings (SSSR count). The van der Waals surface area contributed by atoms with E-state index in [1.165, 1.54) is 11.8 Å². The summed E-state index contributed by atoms with van der Waals surface area (Å²) in [5, 5.41) is 8.14. The summed E-state index contributed by atoms with van der Waals surface area (Å²) in [7, 11) is 0. The SMILES string of the molecule is CSCC[C@H](NC(=O)[C@@H](N)Cc1ccccc1)C(=O)N[C@H](CCCN=C(N)N)C(=O)N[C@@H](Cc1ccccc1)C(N)=O. The van der Waals surface area contributed by atoms with Crippen LogP contribution < -0.4 is 38.9 Å². The van der Waals surface area contributed by atoms with E-state index in [0.717, 1.165) is 11.1 Å². The van der Waals surface area contributed by atoms with Crippen LogP contribution >= 0.6 is 11.8 Å². The van der Waals surface area contributed by atoms with Gasteiger partial charge in [-0.25, -0.2) is 0 Å². The molecule has 13 heteroatoms. The van der Waals surface area contributed by atoms with Crippen LogP contribution in [0.25, 0.3) is 0 Å². The molecule has 0 bridgehead atoms. The van der Waals surface area contributed by atoms with Crippen molar-refractivity contribution in [1.82, 2.24) is 16.0 Å². The molecule has 0 radical (unpaired) electrons. The molecule has 0 unspecified atom stereocenters. The van der Waals surface area contributed by atoms with E-state index in [4.69, 9.17) is 22.9 Å². The van der Waals surface area contributed by atoms with E-state index in [1.54, 1.807) is 0 Å². The molecule has 0 fully saturated rings. The molecule has 2 aromatic carbocycles. The maximum Gasteiger partial charge on any atom is 0.243 e. The summed E-state index contributed by atoms with van der Waals surface area (Å²) in [6.07, 6.45) is 3.21. The summed E-state index contributed by atoms with van der Waals surface area (Å²) < 4.78 is 0. The van der Waals surface area contributed by atoms with E-state index in [-0.39, 0.29) is 25.3 Å². The first-order chi connectivity index (χ1) is 20.1. The zero-order valence-corrected chi connectivity index (χ0v) is 24.6. The highest BCUT2D eigenvalue weighted by Gasteiger charge is 2.30. The first-order valence-corrected chi connectivity index (χ1v) is 15.1. The van der Waals surface area contributed by atoms with Crippen molar-refractivity contribution in [3.63, 3.8) is 0 Å². The van der Waals surface area contributed by atoms with Crippen molar-refractivity contribution in [1.29, 1.82) is 0 Å². The lowest BCUT2D eigenvalue weighted by Gasteiger charge is -2.25. The van der Waals surface area contributed by atoms with E-state index in [0.29, 0.717) is 25.0 Å². The van der Waals surface area contributed by atoms with Crippen molar-refractivity contribution in [3.8, 4) is 0 Å². The van der Waals surface area contributed by atoms with Gasteiger partial charge in [-0.15, -0.1) is 0 Å². The number of amides is 4. The second-order valence-corrected chi connectivity index (χ2v) is 10.8. The normalized spacial score (nSPS) is 13.6. The first kappa shape index (κ1) is 34.1. The number of benzene rings is 2. The van der Waals surface area contributed by atoms with Gasteiger partial charge in [0.2, 0.25) is 23.6 Å². The monoisotopic (exact) mass is 598 g/mol. The molecule has 0 saturated carbocycles. The molecule has 12 nitrogen and oxygen atoms in total. The van der Waals surface area contributed by atoms with E-state index < -0.39 is 47.8 Å². The highest BCUT2D eigenvalue weighted by atomic mass is 32.2. The molecular weight excluding hydrogens is 556 g/mol. The number of aliphatic imine (C=N–C) groups is 1. The van der Waals surface area contributed by atoms with Crippen LogP contribution in [0.1, 0.15) is 30.4 Å². The summed E-state index contributed by atoms with van der Waals surface area (Å²) in [5.41, 5.74) is 24.2. The molecule has 0 aliphatic rings. The predicted molar refractivity (Wildman–Crippen MR) is 166 cm³/mol. The van der Waals surface area contributed by atoms with E-state index >= 15 is 0 Å². The molecule has 0 aliphatic carbocycles. The number of guanidine groups is 1. The zero-order valence-electron chi connectivity index (χ0n) is 23.8. The van der Waals surface area contributed by atoms with Crippen LogP contribution in [-0.2, 0) is 32.0 Å². The highest BCUT2D eigenvalue weighted by Crippen LogP contribution is 2.08. The molecule has 0 saturated heterocycles. The van der Waals surface area contributed by atoms with Gasteiger partial charge in [0, 0.05) is 13.0 Å². The van der Waals surface area contributed by atoms with Gasteiger partial charge >= 0.3 is 0 Å². The molecule has 0 aliphatic heterocycles. The van der Waals surface area contributed by atoms with Gasteiger partial charge in [-0.3, -0.25) is 24.2 Å². The Morgan fingerprint density at radius 2 is 1.24 bits per heavy atom. The summed E-state index contributed by atoms with van der Waals surface area (Å²) in [5.74, 6) is -1.85. The molecule has 0 spiro atoms. The van der Waals surface area contributed by atoms with Gasteiger partial charge in [0.25, 0.3) is 0 Å². The number of thioether (sulfide) groups is 1. The second-order valence-electron chi connectivity index (χ2n) is 9.80. The molecule has 228 valence electrons. The highest BCUT2D eigenvalue weighted by molar-refractivity contribution is 7.98. The van der Waals surface area contributed by atoms with Crippen LogP contribution in [0.2, 0.25) is 0 Å². The molecule has 4 atom stereocenters. The number of rotatable bonds is 18. The van der Waals surface area contributed by atoms with E-state index in [9.17, 15) is 19.2 Å². The number of hydrogen-bond donors (Lipinski definition) is 7. The lowest BCUT2D eigenvalue weighted by Crippen LogP contribution is -2.58. The third-order valence-corrected chi connectivity index (χ3v) is 7.04. The van der Waals surface area contributed by atoms with Crippen LogP contribution in [-0.4, -0.2) is 72.3 Å². The largest absolute Gasteiger partial charge is 0.370 e. The second kappa shape index (κ2) is 18.4. The van der Waals surface area contributed by atoms with Crippen molar-refractivity contribution in [3.05, 3.63) is 71.8 Å². The quantitative estimate of drug-likeness (QED) is 0.0674. The average Bonchev–Trinajstić information content (AvgIpc) is 2.96. The number of primary amides is 1. The summed E-state index contributed by atoms with van der Waals surface area (Å²) in [6.45, 7) is 0.228. The van der Waals surface area contributed by atoms with Crippen LogP contribution in [0.15, 0.2) is 65.7 Å². The van der Waals surface area contributed by atoms with E-state index in [2.05, 4.69) is 20.9 Å². The van der Waals surface area contributed by atoms with Gasteiger partial charge in [-0.05, 0) is 48.8 Å². The Labute approximate surface area is 250 Å². The number of nitrogens with zero attached hydrogens (tertiary/aromatic N) is 1. The summed E-state index contributed by atoms with van der Waals surface area (Å²) >= 11 is 1.51. The number of carbonyl (C=O) groups is 4. The van der Waals surface area contributed by atoms with Crippen LogP contribution in [0.3, 0.4) is 0 Å². The maximum absolute atomic E-state index is 13.4. The van der Waals surface area contributed by atoms with Crippen molar-refractivity contribution < 1.29 is 19.2 Å². The fourth-order valence-electron chi connectivity index (χ4n) is 4.13. The predicted octanol–water partition coefficient (Wildman–Crippen LogP) is -0.454. The fourth-order valence-corrected chi connectivity index (χ4v) is 4.60. The minimum Gasteiger partial charge on any atom is -0.370 e. The number of nitrogens with one attached hydrogen (secondary N) is 3. The van der Waals surface area contributed by atoms with Gasteiger partial charge in [0.1, 0.15) is 18.1 Å². The fraction of sp³-hybridized carbons (Fsp3) is 0.414. The summed E-state index contributed by atoms with van der Waals surface area (Å²) in [6, 6.07) is 14.6. The first-order valence-electron chi connectivity index (χ1n) is 13.7. The Morgan fingerprint density at radius 1 is 0.738 bits per heavy atom. The minimum absolute atomic E-state index is 0.0941. The van der Waals surface area contributed by atoms with Crippen LogP contribution in [0.4, 0.5) is 0 Å². The van der Waals surface area contributed by atoms with Gasteiger partial charge < -0.3 is 38.9 Å². The number of nitrogens with two attached hydrogens (primary N) is 4. The Bertz CT molecular complexity index is 1180. The average molecular weight is 599 g/mol. The molecule has 42 heavy (non-hydrogen) atoms. The van der Waals surface area contributed by atoms with Gasteiger partial charge in [-0.1, -0.05) is 60.7 Å². The lowest BCUT2D eigenvalue weighted by molar-refractivity contribution is -0.133. The van der Waals surface area contributed by atoms with Crippen molar-refractivity contribution in [2.75, 3.05) is 18.6 Å². The Balaban J connectivity index is 2.15. The zero-order chi connectivity index (χ0) is 30.9. The third kappa shape index (κ3) is 12.6. The smallest absolute Gasteiger partial charge is 0.243 e. The van der Waals surface area contributed by atoms with Gasteiger partial charge in [0.15, 0.2) is 5.96 Å². The Kier molecular flexibility index (Phi) is 14.9.